The molecule has 1 heterocycles. The van der Waals surface area contributed by atoms with Gasteiger partial charge in [-0.05, 0) is 53.4 Å². The zero-order valence-electron chi connectivity index (χ0n) is 10.6. The molecule has 0 spiro atoms. The van der Waals surface area contributed by atoms with Crippen LogP contribution in [0.5, 0.6) is 0 Å². The van der Waals surface area contributed by atoms with Gasteiger partial charge in [-0.3, -0.25) is 0 Å². The van der Waals surface area contributed by atoms with Crippen LogP contribution in [0.4, 0.5) is 0 Å². The van der Waals surface area contributed by atoms with E-state index in [4.69, 9.17) is 0 Å². The fraction of sp³-hybridized carbons (Fsp3) is 0.615. The van der Waals surface area contributed by atoms with E-state index in [1.807, 2.05) is 18.3 Å². The van der Waals surface area contributed by atoms with Gasteiger partial charge < -0.3 is 5.32 Å². The molecular weight excluding hydrogens is 296 g/mol. The van der Waals surface area contributed by atoms with Crippen molar-refractivity contribution in [3.05, 3.63) is 22.8 Å². The highest BCUT2D eigenvalue weighted by molar-refractivity contribution is 9.10. The van der Waals surface area contributed by atoms with E-state index in [2.05, 4.69) is 40.1 Å². The number of nitrogens with one attached hydrogen (secondary N) is 1. The van der Waals surface area contributed by atoms with E-state index in [0.717, 1.165) is 34.3 Å². The van der Waals surface area contributed by atoms with Crippen molar-refractivity contribution in [2.24, 2.45) is 5.92 Å². The minimum Gasteiger partial charge on any atom is -0.316 e. The molecule has 0 unspecified atom stereocenters. The number of nitrogens with zero attached hydrogens (tertiary/aromatic N) is 1. The minimum absolute atomic E-state index is 0.818. The molecule has 2 nitrogen and oxygen atoms in total. The molecule has 0 bridgehead atoms. The average Bonchev–Trinajstić information content (AvgIpc) is 2.30. The Balaban J connectivity index is 1.99. The smallest absolute Gasteiger partial charge is 0.0961 e. The van der Waals surface area contributed by atoms with Crippen LogP contribution in [0.1, 0.15) is 26.7 Å². The lowest BCUT2D eigenvalue weighted by atomic mass is 10.1. The first-order valence-corrected chi connectivity index (χ1v) is 7.91. The van der Waals surface area contributed by atoms with Crippen molar-refractivity contribution in [3.63, 3.8) is 0 Å². The van der Waals surface area contributed by atoms with Crippen LogP contribution in [-0.4, -0.2) is 23.8 Å². The van der Waals surface area contributed by atoms with Gasteiger partial charge >= 0.3 is 0 Å². The van der Waals surface area contributed by atoms with Crippen LogP contribution in [0.2, 0.25) is 0 Å². The molecule has 1 rings (SSSR count). The van der Waals surface area contributed by atoms with E-state index in [0.29, 0.717) is 0 Å². The Morgan fingerprint density at radius 1 is 1.35 bits per heavy atom. The maximum atomic E-state index is 4.32. The molecule has 0 saturated carbocycles. The summed E-state index contributed by atoms with van der Waals surface area (Å²) in [5, 5.41) is 4.56. The topological polar surface area (TPSA) is 24.9 Å². The quantitative estimate of drug-likeness (QED) is 0.580. The highest BCUT2D eigenvalue weighted by Crippen LogP contribution is 2.16. The molecule has 1 N–H and O–H groups in total. The summed E-state index contributed by atoms with van der Waals surface area (Å²) in [7, 11) is 0. The Hall–Kier alpha value is -0.0600. The van der Waals surface area contributed by atoms with Crippen molar-refractivity contribution in [1.29, 1.82) is 0 Å². The van der Waals surface area contributed by atoms with Crippen molar-refractivity contribution < 1.29 is 0 Å². The fourth-order valence-electron chi connectivity index (χ4n) is 1.44. The van der Waals surface area contributed by atoms with Crippen molar-refractivity contribution in [2.45, 2.75) is 31.7 Å². The first kappa shape index (κ1) is 15.0. The molecule has 0 aliphatic carbocycles. The first-order chi connectivity index (χ1) is 8.18. The Labute approximate surface area is 117 Å². The molecule has 4 heteroatoms. The normalized spacial score (nSPS) is 11.1. The molecule has 0 atom stereocenters. The largest absolute Gasteiger partial charge is 0.316 e. The SMILES string of the molecule is CC(C)CCCNCCSc1ccc(Br)cn1. The number of hydrogen-bond donors (Lipinski definition) is 1. The summed E-state index contributed by atoms with van der Waals surface area (Å²) in [5.41, 5.74) is 0. The van der Waals surface area contributed by atoms with Gasteiger partial charge in [-0.15, -0.1) is 11.8 Å². The Kier molecular flexibility index (Phi) is 7.90. The predicted octanol–water partition coefficient (Wildman–Crippen LogP) is 3.96. The summed E-state index contributed by atoms with van der Waals surface area (Å²) in [6, 6.07) is 4.08. The number of pyridine rings is 1. The highest BCUT2D eigenvalue weighted by atomic mass is 79.9. The maximum absolute atomic E-state index is 4.32. The van der Waals surface area contributed by atoms with E-state index in [-0.39, 0.29) is 0 Å². The standard InChI is InChI=1S/C13H21BrN2S/c1-11(2)4-3-7-15-8-9-17-13-6-5-12(14)10-16-13/h5-6,10-11,15H,3-4,7-9H2,1-2H3. The summed E-state index contributed by atoms with van der Waals surface area (Å²) in [6.07, 6.45) is 4.44. The molecule has 96 valence electrons. The van der Waals surface area contributed by atoms with E-state index < -0.39 is 0 Å². The molecule has 0 radical (unpaired) electrons. The van der Waals surface area contributed by atoms with Gasteiger partial charge in [0.25, 0.3) is 0 Å². The van der Waals surface area contributed by atoms with Gasteiger partial charge in [0.05, 0.1) is 5.03 Å². The summed E-state index contributed by atoms with van der Waals surface area (Å²) in [4.78, 5) is 4.32. The van der Waals surface area contributed by atoms with Crippen molar-refractivity contribution in [1.82, 2.24) is 10.3 Å². The molecule has 0 fully saturated rings. The van der Waals surface area contributed by atoms with Crippen molar-refractivity contribution >= 4 is 27.7 Å². The van der Waals surface area contributed by atoms with Crippen molar-refractivity contribution in [2.75, 3.05) is 18.8 Å². The summed E-state index contributed by atoms with van der Waals surface area (Å²) < 4.78 is 1.04. The lowest BCUT2D eigenvalue weighted by molar-refractivity contribution is 0.534. The van der Waals surface area contributed by atoms with Crippen LogP contribution in [0, 0.1) is 5.92 Å². The van der Waals surface area contributed by atoms with E-state index in [9.17, 15) is 0 Å². The van der Waals surface area contributed by atoms with Gasteiger partial charge in [0.15, 0.2) is 0 Å². The molecule has 0 aliphatic rings. The van der Waals surface area contributed by atoms with E-state index >= 15 is 0 Å². The number of aromatic nitrogens is 1. The molecule has 1 aromatic heterocycles. The molecule has 0 amide bonds. The molecule has 17 heavy (non-hydrogen) atoms. The van der Waals surface area contributed by atoms with E-state index in [1.165, 1.54) is 12.8 Å². The molecule has 0 aliphatic heterocycles. The second kappa shape index (κ2) is 8.95. The van der Waals surface area contributed by atoms with Gasteiger partial charge in [-0.25, -0.2) is 4.98 Å². The van der Waals surface area contributed by atoms with Crippen molar-refractivity contribution in [3.8, 4) is 0 Å². The average molecular weight is 317 g/mol. The van der Waals surface area contributed by atoms with Crippen LogP contribution in [-0.2, 0) is 0 Å². The Morgan fingerprint density at radius 3 is 2.82 bits per heavy atom. The second-order valence-electron chi connectivity index (χ2n) is 4.45. The van der Waals surface area contributed by atoms with E-state index in [1.54, 1.807) is 11.8 Å². The second-order valence-corrected chi connectivity index (χ2v) is 6.48. The predicted molar refractivity (Wildman–Crippen MR) is 79.6 cm³/mol. The number of thioether (sulfide) groups is 1. The first-order valence-electron chi connectivity index (χ1n) is 6.13. The molecule has 0 saturated heterocycles. The minimum atomic E-state index is 0.818. The van der Waals surface area contributed by atoms with Gasteiger partial charge in [-0.2, -0.15) is 0 Å². The number of rotatable bonds is 8. The summed E-state index contributed by atoms with van der Waals surface area (Å²) in [6.45, 7) is 6.73. The molecule has 0 aromatic carbocycles. The number of hydrogen-bond acceptors (Lipinski definition) is 3. The molecule has 1 aromatic rings. The van der Waals surface area contributed by atoms with Gasteiger partial charge in [-0.1, -0.05) is 13.8 Å². The van der Waals surface area contributed by atoms with Gasteiger partial charge in [0, 0.05) is 23.0 Å². The van der Waals surface area contributed by atoms with Crippen LogP contribution in [0.15, 0.2) is 27.8 Å². The third kappa shape index (κ3) is 7.79. The third-order valence-electron chi connectivity index (χ3n) is 2.36. The highest BCUT2D eigenvalue weighted by Gasteiger charge is 1.96. The van der Waals surface area contributed by atoms with Gasteiger partial charge in [0.2, 0.25) is 0 Å². The van der Waals surface area contributed by atoms with Crippen LogP contribution in [0.25, 0.3) is 0 Å². The summed E-state index contributed by atoms with van der Waals surface area (Å²) >= 11 is 5.18. The maximum Gasteiger partial charge on any atom is 0.0961 e. The summed E-state index contributed by atoms with van der Waals surface area (Å²) in [5.74, 6) is 1.90. The molecular formula is C13H21BrN2S. The fourth-order valence-corrected chi connectivity index (χ4v) is 2.42. The van der Waals surface area contributed by atoms with Crippen LogP contribution < -0.4 is 5.32 Å². The zero-order chi connectivity index (χ0) is 12.5. The Bertz CT molecular complexity index is 301. The third-order valence-corrected chi connectivity index (χ3v) is 3.78. The Morgan fingerprint density at radius 2 is 2.18 bits per heavy atom. The van der Waals surface area contributed by atoms with Crippen LogP contribution >= 0.6 is 27.7 Å². The van der Waals surface area contributed by atoms with Crippen LogP contribution in [0.3, 0.4) is 0 Å². The lowest BCUT2D eigenvalue weighted by Crippen LogP contribution is -2.18. The van der Waals surface area contributed by atoms with Gasteiger partial charge in [0.1, 0.15) is 0 Å². The monoisotopic (exact) mass is 316 g/mol. The number of halogens is 1. The zero-order valence-corrected chi connectivity index (χ0v) is 13.0. The lowest BCUT2D eigenvalue weighted by Gasteiger charge is -2.06.